The zero-order valence-electron chi connectivity index (χ0n) is 6.46. The summed E-state index contributed by atoms with van der Waals surface area (Å²) in [6.45, 7) is 0.950. The first-order valence-electron chi connectivity index (χ1n) is 4.03. The van der Waals surface area contributed by atoms with Gasteiger partial charge >= 0.3 is 0 Å². The van der Waals surface area contributed by atoms with E-state index in [9.17, 15) is 0 Å². The van der Waals surface area contributed by atoms with Gasteiger partial charge in [0, 0.05) is 12.7 Å². The normalized spacial score (nSPS) is 22.5. The minimum atomic E-state index is 0.950. The number of hydrogen-bond acceptors (Lipinski definition) is 2. The van der Waals surface area contributed by atoms with Crippen LogP contribution in [0.4, 0.5) is 0 Å². The lowest BCUT2D eigenvalue weighted by Gasteiger charge is -2.18. The molecule has 0 fully saturated rings. The van der Waals surface area contributed by atoms with Gasteiger partial charge in [-0.25, -0.2) is 5.43 Å². The number of nitrogens with zero attached hydrogens (tertiary/aromatic N) is 1. The summed E-state index contributed by atoms with van der Waals surface area (Å²) in [5.74, 6) is 0. The summed E-state index contributed by atoms with van der Waals surface area (Å²) >= 11 is 0. The van der Waals surface area contributed by atoms with Gasteiger partial charge in [0.25, 0.3) is 0 Å². The summed E-state index contributed by atoms with van der Waals surface area (Å²) in [6.07, 6.45) is 13.2. The van der Waals surface area contributed by atoms with Crippen LogP contribution in [0.15, 0.2) is 36.2 Å². The fraction of sp³-hybridized carbons (Fsp3) is 0.333. The number of hydrazine groups is 1. The summed E-state index contributed by atoms with van der Waals surface area (Å²) in [6, 6.07) is 0. The van der Waals surface area contributed by atoms with Crippen LogP contribution in [-0.4, -0.2) is 11.6 Å². The Morgan fingerprint density at radius 2 is 2.27 bits per heavy atom. The van der Waals surface area contributed by atoms with Crippen LogP contribution in [0.1, 0.15) is 12.8 Å². The van der Waals surface area contributed by atoms with Gasteiger partial charge in [-0.2, -0.15) is 0 Å². The first kappa shape index (κ1) is 6.68. The number of hydrogen-bond donors (Lipinski definition) is 1. The van der Waals surface area contributed by atoms with Gasteiger partial charge in [-0.15, -0.1) is 0 Å². The van der Waals surface area contributed by atoms with E-state index in [4.69, 9.17) is 0 Å². The summed E-state index contributed by atoms with van der Waals surface area (Å²) in [4.78, 5) is 0. The SMILES string of the molecule is C1=CC(N2C=CCN2)=CCC1. The van der Waals surface area contributed by atoms with Crippen LogP contribution >= 0.6 is 0 Å². The highest BCUT2D eigenvalue weighted by atomic mass is 15.5. The van der Waals surface area contributed by atoms with Crippen LogP contribution in [0.25, 0.3) is 0 Å². The molecule has 2 heteroatoms. The molecule has 1 heterocycles. The fourth-order valence-corrected chi connectivity index (χ4v) is 1.32. The topological polar surface area (TPSA) is 15.3 Å². The highest BCUT2D eigenvalue weighted by molar-refractivity contribution is 5.23. The van der Waals surface area contributed by atoms with Crippen molar-refractivity contribution in [1.29, 1.82) is 0 Å². The molecule has 2 nitrogen and oxygen atoms in total. The minimum Gasteiger partial charge on any atom is -0.285 e. The first-order valence-corrected chi connectivity index (χ1v) is 4.03. The highest BCUT2D eigenvalue weighted by Crippen LogP contribution is 2.14. The van der Waals surface area contributed by atoms with Crippen LogP contribution in [-0.2, 0) is 0 Å². The summed E-state index contributed by atoms with van der Waals surface area (Å²) in [7, 11) is 0. The predicted octanol–water partition coefficient (Wildman–Crippen LogP) is 1.55. The van der Waals surface area contributed by atoms with E-state index in [1.165, 1.54) is 12.1 Å². The van der Waals surface area contributed by atoms with Gasteiger partial charge in [-0.3, -0.25) is 5.01 Å². The van der Waals surface area contributed by atoms with Crippen molar-refractivity contribution in [2.24, 2.45) is 0 Å². The van der Waals surface area contributed by atoms with Crippen LogP contribution in [0.3, 0.4) is 0 Å². The molecule has 2 rings (SSSR count). The van der Waals surface area contributed by atoms with Gasteiger partial charge in [-0.05, 0) is 18.9 Å². The predicted molar refractivity (Wildman–Crippen MR) is 45.4 cm³/mol. The Morgan fingerprint density at radius 3 is 2.91 bits per heavy atom. The molecule has 0 aromatic heterocycles. The van der Waals surface area contributed by atoms with E-state index in [0.29, 0.717) is 0 Å². The smallest absolute Gasteiger partial charge is 0.0527 e. The third kappa shape index (κ3) is 1.35. The maximum absolute atomic E-state index is 3.23. The second-order valence-corrected chi connectivity index (χ2v) is 2.73. The molecule has 11 heavy (non-hydrogen) atoms. The Bertz CT molecular complexity index is 226. The van der Waals surface area contributed by atoms with E-state index < -0.39 is 0 Å². The molecule has 0 aromatic rings. The van der Waals surface area contributed by atoms with Crippen molar-refractivity contribution in [3.05, 3.63) is 36.2 Å². The molecule has 1 N–H and O–H groups in total. The van der Waals surface area contributed by atoms with Crippen LogP contribution in [0.5, 0.6) is 0 Å². The van der Waals surface area contributed by atoms with Gasteiger partial charge in [-0.1, -0.05) is 18.2 Å². The molecule has 0 radical (unpaired) electrons. The largest absolute Gasteiger partial charge is 0.285 e. The summed E-state index contributed by atoms with van der Waals surface area (Å²) < 4.78 is 0. The van der Waals surface area contributed by atoms with Crippen LogP contribution in [0.2, 0.25) is 0 Å². The van der Waals surface area contributed by atoms with Gasteiger partial charge in [0.2, 0.25) is 0 Å². The Morgan fingerprint density at radius 1 is 1.27 bits per heavy atom. The molecular weight excluding hydrogens is 136 g/mol. The van der Waals surface area contributed by atoms with E-state index in [0.717, 1.165) is 13.0 Å². The lowest BCUT2D eigenvalue weighted by molar-refractivity contribution is 0.391. The van der Waals surface area contributed by atoms with E-state index in [1.54, 1.807) is 0 Å². The van der Waals surface area contributed by atoms with Crippen molar-refractivity contribution in [2.75, 3.05) is 6.54 Å². The lowest BCUT2D eigenvalue weighted by atomic mass is 10.1. The van der Waals surface area contributed by atoms with Gasteiger partial charge in [0.1, 0.15) is 0 Å². The monoisotopic (exact) mass is 148 g/mol. The molecule has 0 atom stereocenters. The van der Waals surface area contributed by atoms with E-state index in [2.05, 4.69) is 40.9 Å². The quantitative estimate of drug-likeness (QED) is 0.607. The third-order valence-electron chi connectivity index (χ3n) is 1.89. The molecule has 2 aliphatic rings. The van der Waals surface area contributed by atoms with Crippen molar-refractivity contribution in [1.82, 2.24) is 10.4 Å². The summed E-state index contributed by atoms with van der Waals surface area (Å²) in [5, 5.41) is 2.07. The molecule has 0 spiro atoms. The molecule has 0 unspecified atom stereocenters. The second-order valence-electron chi connectivity index (χ2n) is 2.73. The van der Waals surface area contributed by atoms with Crippen molar-refractivity contribution in [2.45, 2.75) is 12.8 Å². The third-order valence-corrected chi connectivity index (χ3v) is 1.89. The Balaban J connectivity index is 2.08. The molecule has 58 valence electrons. The molecule has 1 aliphatic heterocycles. The van der Waals surface area contributed by atoms with Gasteiger partial charge in [0.15, 0.2) is 0 Å². The van der Waals surface area contributed by atoms with Gasteiger partial charge in [0.05, 0.1) is 5.70 Å². The minimum absolute atomic E-state index is 0.950. The summed E-state index contributed by atoms with van der Waals surface area (Å²) in [5.41, 5.74) is 4.50. The molecule has 0 saturated heterocycles. The maximum Gasteiger partial charge on any atom is 0.0527 e. The Kier molecular flexibility index (Phi) is 1.78. The average Bonchev–Trinajstić information content (AvgIpc) is 2.58. The number of nitrogens with one attached hydrogen (secondary N) is 1. The van der Waals surface area contributed by atoms with E-state index in [1.807, 2.05) is 0 Å². The fourth-order valence-electron chi connectivity index (χ4n) is 1.32. The van der Waals surface area contributed by atoms with Crippen LogP contribution in [0, 0.1) is 0 Å². The van der Waals surface area contributed by atoms with E-state index >= 15 is 0 Å². The zero-order valence-corrected chi connectivity index (χ0v) is 6.46. The van der Waals surface area contributed by atoms with Crippen molar-refractivity contribution in [3.63, 3.8) is 0 Å². The number of allylic oxidation sites excluding steroid dienone is 3. The van der Waals surface area contributed by atoms with Crippen molar-refractivity contribution < 1.29 is 0 Å². The van der Waals surface area contributed by atoms with Crippen molar-refractivity contribution in [3.8, 4) is 0 Å². The van der Waals surface area contributed by atoms with Crippen LogP contribution < -0.4 is 5.43 Å². The molecule has 1 aliphatic carbocycles. The second kappa shape index (κ2) is 2.93. The highest BCUT2D eigenvalue weighted by Gasteiger charge is 2.07. The Hall–Kier alpha value is -1.02. The molecule has 0 amide bonds. The number of rotatable bonds is 1. The average molecular weight is 148 g/mol. The lowest BCUT2D eigenvalue weighted by Crippen LogP contribution is -2.27. The molecular formula is C9H12N2. The zero-order chi connectivity index (χ0) is 7.52. The molecule has 0 saturated carbocycles. The Labute approximate surface area is 66.9 Å². The standard InChI is InChI=1S/C9H12N2/c1-2-5-9(6-3-1)11-8-4-7-10-11/h2,4-6,8,10H,1,3,7H2. The van der Waals surface area contributed by atoms with Crippen molar-refractivity contribution >= 4 is 0 Å². The maximum atomic E-state index is 3.23. The van der Waals surface area contributed by atoms with Gasteiger partial charge < -0.3 is 0 Å². The van der Waals surface area contributed by atoms with E-state index in [-0.39, 0.29) is 0 Å². The molecule has 0 bridgehead atoms. The first-order chi connectivity index (χ1) is 5.47. The molecule has 0 aromatic carbocycles.